The van der Waals surface area contributed by atoms with Gasteiger partial charge in [-0.15, -0.1) is 0 Å². The highest BCUT2D eigenvalue weighted by molar-refractivity contribution is 7.80. The highest BCUT2D eigenvalue weighted by Gasteiger charge is 2.27. The average molecular weight is 307 g/mol. The van der Waals surface area contributed by atoms with Crippen molar-refractivity contribution in [2.45, 2.75) is 25.0 Å². The number of carbonyl (C=O) groups is 4. The SMILES string of the molecule is C[C@H](N)C(=O)N[C@@H](COC=O)C(=O)N[C@@H](CS)C(=O)O. The van der Waals surface area contributed by atoms with Crippen LogP contribution in [0.4, 0.5) is 0 Å². The van der Waals surface area contributed by atoms with Gasteiger partial charge in [-0.3, -0.25) is 14.4 Å². The predicted octanol–water partition coefficient (Wildman–Crippen LogP) is -2.51. The number of carboxylic acids is 1. The summed E-state index contributed by atoms with van der Waals surface area (Å²) in [6.07, 6.45) is 0. The summed E-state index contributed by atoms with van der Waals surface area (Å²) < 4.78 is 4.41. The van der Waals surface area contributed by atoms with Crippen molar-refractivity contribution in [2.24, 2.45) is 5.73 Å². The first-order valence-corrected chi connectivity index (χ1v) is 6.22. The Kier molecular flexibility index (Phi) is 8.32. The quantitative estimate of drug-likeness (QED) is 0.233. The van der Waals surface area contributed by atoms with E-state index in [0.717, 1.165) is 0 Å². The molecule has 0 heterocycles. The Hall–Kier alpha value is -1.81. The summed E-state index contributed by atoms with van der Waals surface area (Å²) in [6, 6.07) is -3.33. The summed E-state index contributed by atoms with van der Waals surface area (Å²) in [5, 5.41) is 13.2. The zero-order valence-electron chi connectivity index (χ0n) is 10.7. The van der Waals surface area contributed by atoms with E-state index in [-0.39, 0.29) is 12.2 Å². The molecule has 0 aliphatic heterocycles. The summed E-state index contributed by atoms with van der Waals surface area (Å²) in [7, 11) is 0. The van der Waals surface area contributed by atoms with Crippen LogP contribution >= 0.6 is 12.6 Å². The number of carboxylic acid groups (broad SMARTS) is 1. The van der Waals surface area contributed by atoms with Crippen molar-refractivity contribution in [2.75, 3.05) is 12.4 Å². The lowest BCUT2D eigenvalue weighted by Crippen LogP contribution is -2.56. The van der Waals surface area contributed by atoms with Gasteiger partial charge in [-0.2, -0.15) is 12.6 Å². The van der Waals surface area contributed by atoms with Crippen molar-refractivity contribution in [3.63, 3.8) is 0 Å². The Bertz CT molecular complexity index is 376. The van der Waals surface area contributed by atoms with E-state index in [9.17, 15) is 19.2 Å². The first kappa shape index (κ1) is 18.2. The highest BCUT2D eigenvalue weighted by Crippen LogP contribution is 1.93. The number of ether oxygens (including phenoxy) is 1. The monoisotopic (exact) mass is 307 g/mol. The third-order valence-corrected chi connectivity index (χ3v) is 2.54. The lowest BCUT2D eigenvalue weighted by Gasteiger charge is -2.20. The number of nitrogens with one attached hydrogen (secondary N) is 2. The summed E-state index contributed by atoms with van der Waals surface area (Å²) in [5.74, 6) is -2.87. The molecule has 5 N–H and O–H groups in total. The molecule has 0 fully saturated rings. The molecule has 0 aromatic rings. The van der Waals surface area contributed by atoms with E-state index >= 15 is 0 Å². The molecule has 9 nitrogen and oxygen atoms in total. The molecule has 0 spiro atoms. The number of hydrogen-bond acceptors (Lipinski definition) is 7. The second-order valence-corrected chi connectivity index (χ2v) is 4.23. The zero-order valence-corrected chi connectivity index (χ0v) is 11.6. The molecule has 0 bridgehead atoms. The van der Waals surface area contributed by atoms with Gasteiger partial charge in [-0.25, -0.2) is 4.79 Å². The molecule has 0 radical (unpaired) electrons. The first-order valence-electron chi connectivity index (χ1n) is 5.58. The van der Waals surface area contributed by atoms with Gasteiger partial charge in [0, 0.05) is 5.75 Å². The van der Waals surface area contributed by atoms with E-state index in [2.05, 4.69) is 28.0 Å². The van der Waals surface area contributed by atoms with Crippen molar-refractivity contribution in [3.05, 3.63) is 0 Å². The number of hydrogen-bond donors (Lipinski definition) is 5. The fourth-order valence-electron chi connectivity index (χ4n) is 1.08. The minimum absolute atomic E-state index is 0.103. The van der Waals surface area contributed by atoms with Crippen LogP contribution in [0.1, 0.15) is 6.92 Å². The summed E-state index contributed by atoms with van der Waals surface area (Å²) in [4.78, 5) is 44.2. The number of rotatable bonds is 9. The maximum absolute atomic E-state index is 11.8. The fraction of sp³-hybridized carbons (Fsp3) is 0.600. The Morgan fingerprint density at radius 1 is 1.30 bits per heavy atom. The van der Waals surface area contributed by atoms with Gasteiger partial charge >= 0.3 is 5.97 Å². The van der Waals surface area contributed by atoms with E-state index < -0.39 is 42.5 Å². The van der Waals surface area contributed by atoms with Gasteiger partial charge in [-0.1, -0.05) is 0 Å². The standard InChI is InChI=1S/C10H17N3O6S/c1-5(11)8(15)12-6(2-19-4-14)9(16)13-7(3-20)10(17)18/h4-7,20H,2-3,11H2,1H3,(H,12,15)(H,13,16)(H,17,18)/t5-,6-,7-/m0/s1. The molecule has 20 heavy (non-hydrogen) atoms. The van der Waals surface area contributed by atoms with E-state index in [1.807, 2.05) is 0 Å². The molecule has 0 unspecified atom stereocenters. The number of carbonyl (C=O) groups excluding carboxylic acids is 3. The third kappa shape index (κ3) is 6.38. The average Bonchev–Trinajstić information content (AvgIpc) is 2.39. The van der Waals surface area contributed by atoms with Gasteiger partial charge in [0.1, 0.15) is 18.7 Å². The molecule has 0 aliphatic rings. The second-order valence-electron chi connectivity index (χ2n) is 3.86. The molecule has 0 aromatic heterocycles. The third-order valence-electron chi connectivity index (χ3n) is 2.17. The van der Waals surface area contributed by atoms with Crippen LogP contribution in [0, 0.1) is 0 Å². The molecular formula is C10H17N3O6S. The lowest BCUT2D eigenvalue weighted by molar-refractivity contribution is -0.142. The van der Waals surface area contributed by atoms with Gasteiger partial charge in [0.05, 0.1) is 6.04 Å². The Morgan fingerprint density at radius 2 is 1.85 bits per heavy atom. The molecule has 0 saturated carbocycles. The van der Waals surface area contributed by atoms with Crippen LogP contribution in [0.15, 0.2) is 0 Å². The molecule has 2 amide bonds. The van der Waals surface area contributed by atoms with Crippen LogP contribution < -0.4 is 16.4 Å². The van der Waals surface area contributed by atoms with Crippen LogP contribution in [-0.2, 0) is 23.9 Å². The topological polar surface area (TPSA) is 148 Å². The van der Waals surface area contributed by atoms with Gasteiger partial charge in [0.25, 0.3) is 6.47 Å². The van der Waals surface area contributed by atoms with E-state index in [4.69, 9.17) is 10.8 Å². The van der Waals surface area contributed by atoms with E-state index in [1.165, 1.54) is 6.92 Å². The van der Waals surface area contributed by atoms with E-state index in [0.29, 0.717) is 0 Å². The van der Waals surface area contributed by atoms with Crippen LogP contribution in [0.3, 0.4) is 0 Å². The number of amides is 2. The minimum Gasteiger partial charge on any atom is -0.480 e. The van der Waals surface area contributed by atoms with Gasteiger partial charge < -0.3 is 26.2 Å². The van der Waals surface area contributed by atoms with Gasteiger partial charge in [0.15, 0.2) is 0 Å². The zero-order chi connectivity index (χ0) is 15.7. The van der Waals surface area contributed by atoms with Crippen LogP contribution in [0.5, 0.6) is 0 Å². The van der Waals surface area contributed by atoms with Crippen LogP contribution in [-0.4, -0.2) is 59.8 Å². The van der Waals surface area contributed by atoms with Crippen molar-refractivity contribution in [1.82, 2.24) is 10.6 Å². The molecule has 114 valence electrons. The van der Waals surface area contributed by atoms with Crippen molar-refractivity contribution in [1.29, 1.82) is 0 Å². The first-order chi connectivity index (χ1) is 9.33. The molecule has 0 aromatic carbocycles. The van der Waals surface area contributed by atoms with Crippen LogP contribution in [0.2, 0.25) is 0 Å². The second kappa shape index (κ2) is 9.15. The molecule has 3 atom stereocenters. The molecule has 0 aliphatic carbocycles. The number of nitrogens with two attached hydrogens (primary N) is 1. The van der Waals surface area contributed by atoms with Crippen molar-refractivity contribution < 1.29 is 29.0 Å². The lowest BCUT2D eigenvalue weighted by atomic mass is 10.2. The molecular weight excluding hydrogens is 290 g/mol. The van der Waals surface area contributed by atoms with Gasteiger partial charge in [-0.05, 0) is 6.92 Å². The predicted molar refractivity (Wildman–Crippen MR) is 71.0 cm³/mol. The molecule has 0 saturated heterocycles. The number of aliphatic carboxylic acids is 1. The fourth-order valence-corrected chi connectivity index (χ4v) is 1.33. The Balaban J connectivity index is 4.74. The summed E-state index contributed by atoms with van der Waals surface area (Å²) >= 11 is 3.78. The maximum Gasteiger partial charge on any atom is 0.327 e. The molecule has 0 rings (SSSR count). The Labute approximate surface area is 120 Å². The van der Waals surface area contributed by atoms with E-state index in [1.54, 1.807) is 0 Å². The minimum atomic E-state index is -1.28. The largest absolute Gasteiger partial charge is 0.480 e. The Morgan fingerprint density at radius 3 is 2.25 bits per heavy atom. The van der Waals surface area contributed by atoms with Crippen molar-refractivity contribution in [3.8, 4) is 0 Å². The number of thiol groups is 1. The maximum atomic E-state index is 11.8. The smallest absolute Gasteiger partial charge is 0.327 e. The summed E-state index contributed by atoms with van der Waals surface area (Å²) in [6.45, 7) is 1.07. The van der Waals surface area contributed by atoms with Crippen molar-refractivity contribution >= 4 is 36.9 Å². The molecule has 10 heteroatoms. The highest BCUT2D eigenvalue weighted by atomic mass is 32.1. The summed E-state index contributed by atoms with van der Waals surface area (Å²) in [5.41, 5.74) is 5.33. The van der Waals surface area contributed by atoms with Crippen LogP contribution in [0.25, 0.3) is 0 Å². The van der Waals surface area contributed by atoms with Gasteiger partial charge in [0.2, 0.25) is 11.8 Å². The normalized spacial score (nSPS) is 14.6.